The molecule has 0 N–H and O–H groups in total. The SMILES string of the molecule is COc1ccc2oc(C(=O)Oc3ccc(CC#N)cc3)c(C)c2c1. The Kier molecular flexibility index (Phi) is 4.21. The lowest BCUT2D eigenvalue weighted by Gasteiger charge is -2.03. The average molecular weight is 321 g/mol. The minimum atomic E-state index is -0.560. The first-order valence-corrected chi connectivity index (χ1v) is 7.37. The molecule has 1 aromatic heterocycles. The van der Waals surface area contributed by atoms with Gasteiger partial charge in [0.25, 0.3) is 0 Å². The molecule has 0 aliphatic rings. The molecule has 0 fully saturated rings. The molecule has 3 rings (SSSR count). The molecule has 3 aromatic rings. The van der Waals surface area contributed by atoms with E-state index < -0.39 is 5.97 Å². The van der Waals surface area contributed by atoms with Crippen LogP contribution in [0.15, 0.2) is 46.9 Å². The van der Waals surface area contributed by atoms with Crippen LogP contribution in [0.4, 0.5) is 0 Å². The third-order valence-electron chi connectivity index (χ3n) is 3.75. The second kappa shape index (κ2) is 6.47. The molecular weight excluding hydrogens is 306 g/mol. The monoisotopic (exact) mass is 321 g/mol. The third-order valence-corrected chi connectivity index (χ3v) is 3.75. The van der Waals surface area contributed by atoms with E-state index in [-0.39, 0.29) is 5.76 Å². The summed E-state index contributed by atoms with van der Waals surface area (Å²) in [4.78, 5) is 12.4. The van der Waals surface area contributed by atoms with E-state index in [2.05, 4.69) is 6.07 Å². The second-order valence-electron chi connectivity index (χ2n) is 5.29. The highest BCUT2D eigenvalue weighted by molar-refractivity contribution is 5.97. The molecule has 0 aliphatic heterocycles. The van der Waals surface area contributed by atoms with Gasteiger partial charge >= 0.3 is 5.97 Å². The lowest BCUT2D eigenvalue weighted by molar-refractivity contribution is 0.0703. The van der Waals surface area contributed by atoms with Gasteiger partial charge < -0.3 is 13.9 Å². The zero-order valence-corrected chi connectivity index (χ0v) is 13.3. The van der Waals surface area contributed by atoms with Crippen LogP contribution in [-0.2, 0) is 6.42 Å². The van der Waals surface area contributed by atoms with Gasteiger partial charge in [0.1, 0.15) is 17.1 Å². The van der Waals surface area contributed by atoms with Gasteiger partial charge in [0, 0.05) is 10.9 Å². The van der Waals surface area contributed by atoms with E-state index in [1.165, 1.54) is 0 Å². The second-order valence-corrected chi connectivity index (χ2v) is 5.29. The lowest BCUT2D eigenvalue weighted by atomic mass is 10.1. The summed E-state index contributed by atoms with van der Waals surface area (Å²) in [5, 5.41) is 9.47. The fraction of sp³-hybridized carbons (Fsp3) is 0.158. The van der Waals surface area contributed by atoms with Gasteiger partial charge in [-0.25, -0.2) is 4.79 Å². The van der Waals surface area contributed by atoms with Crippen molar-refractivity contribution < 1.29 is 18.7 Å². The van der Waals surface area contributed by atoms with E-state index in [9.17, 15) is 4.79 Å². The molecule has 0 radical (unpaired) electrons. The fourth-order valence-electron chi connectivity index (χ4n) is 2.44. The van der Waals surface area contributed by atoms with Crippen molar-refractivity contribution in [2.24, 2.45) is 0 Å². The molecule has 120 valence electrons. The van der Waals surface area contributed by atoms with Crippen LogP contribution in [0.5, 0.6) is 11.5 Å². The Morgan fingerprint density at radius 1 is 1.17 bits per heavy atom. The molecule has 0 spiro atoms. The van der Waals surface area contributed by atoms with Crippen molar-refractivity contribution >= 4 is 16.9 Å². The first-order chi connectivity index (χ1) is 11.6. The van der Waals surface area contributed by atoms with Crippen molar-refractivity contribution in [3.8, 4) is 17.6 Å². The summed E-state index contributed by atoms with van der Waals surface area (Å²) in [6, 6.07) is 14.2. The van der Waals surface area contributed by atoms with E-state index in [1.807, 2.05) is 6.07 Å². The van der Waals surface area contributed by atoms with Crippen molar-refractivity contribution in [1.29, 1.82) is 5.26 Å². The molecular formula is C19H15NO4. The average Bonchev–Trinajstić information content (AvgIpc) is 2.93. The normalized spacial score (nSPS) is 10.4. The van der Waals surface area contributed by atoms with Gasteiger partial charge in [-0.05, 0) is 42.8 Å². The maximum Gasteiger partial charge on any atom is 0.379 e. The molecule has 0 saturated carbocycles. The first-order valence-electron chi connectivity index (χ1n) is 7.37. The molecule has 2 aromatic carbocycles. The van der Waals surface area contributed by atoms with Crippen LogP contribution < -0.4 is 9.47 Å². The number of ether oxygens (including phenoxy) is 2. The number of furan rings is 1. The fourth-order valence-corrected chi connectivity index (χ4v) is 2.44. The zero-order chi connectivity index (χ0) is 17.1. The van der Waals surface area contributed by atoms with Crippen LogP contribution in [0.1, 0.15) is 21.7 Å². The van der Waals surface area contributed by atoms with Crippen molar-refractivity contribution in [3.05, 3.63) is 59.4 Å². The summed E-state index contributed by atoms with van der Waals surface area (Å²) >= 11 is 0. The molecule has 0 aliphatic carbocycles. The summed E-state index contributed by atoms with van der Waals surface area (Å²) in [5.74, 6) is 0.702. The van der Waals surface area contributed by atoms with E-state index in [0.717, 1.165) is 10.9 Å². The Morgan fingerprint density at radius 2 is 1.88 bits per heavy atom. The molecule has 0 amide bonds. The highest BCUT2D eigenvalue weighted by atomic mass is 16.5. The predicted molar refractivity (Wildman–Crippen MR) is 88.2 cm³/mol. The van der Waals surface area contributed by atoms with Gasteiger partial charge in [-0.1, -0.05) is 12.1 Å². The molecule has 0 saturated heterocycles. The molecule has 0 bridgehead atoms. The van der Waals surface area contributed by atoms with Crippen LogP contribution >= 0.6 is 0 Å². The smallest absolute Gasteiger partial charge is 0.379 e. The number of nitriles is 1. The molecule has 0 unspecified atom stereocenters. The summed E-state index contributed by atoms with van der Waals surface area (Å²) in [6.45, 7) is 1.80. The topological polar surface area (TPSA) is 72.5 Å². The number of esters is 1. The van der Waals surface area contributed by atoms with E-state index >= 15 is 0 Å². The van der Waals surface area contributed by atoms with Crippen molar-refractivity contribution in [2.75, 3.05) is 7.11 Å². The highest BCUT2D eigenvalue weighted by Crippen LogP contribution is 2.29. The third kappa shape index (κ3) is 2.95. The highest BCUT2D eigenvalue weighted by Gasteiger charge is 2.20. The van der Waals surface area contributed by atoms with Gasteiger partial charge in [-0.2, -0.15) is 5.26 Å². The lowest BCUT2D eigenvalue weighted by Crippen LogP contribution is -2.08. The van der Waals surface area contributed by atoms with Gasteiger partial charge in [0.05, 0.1) is 19.6 Å². The number of fused-ring (bicyclic) bond motifs is 1. The van der Waals surface area contributed by atoms with Gasteiger partial charge in [0.2, 0.25) is 5.76 Å². The molecule has 5 heteroatoms. The van der Waals surface area contributed by atoms with E-state index in [4.69, 9.17) is 19.2 Å². The zero-order valence-electron chi connectivity index (χ0n) is 13.3. The number of methoxy groups -OCH3 is 1. The number of nitrogens with zero attached hydrogens (tertiary/aromatic N) is 1. The summed E-state index contributed by atoms with van der Waals surface area (Å²) in [7, 11) is 1.59. The van der Waals surface area contributed by atoms with E-state index in [1.54, 1.807) is 50.4 Å². The Labute approximate surface area is 139 Å². The van der Waals surface area contributed by atoms with Crippen LogP contribution in [0.3, 0.4) is 0 Å². The van der Waals surface area contributed by atoms with E-state index in [0.29, 0.717) is 29.1 Å². The van der Waals surface area contributed by atoms with Crippen LogP contribution in [0, 0.1) is 18.3 Å². The van der Waals surface area contributed by atoms with Crippen LogP contribution in [-0.4, -0.2) is 13.1 Å². The largest absolute Gasteiger partial charge is 0.497 e. The minimum absolute atomic E-state index is 0.166. The number of benzene rings is 2. The van der Waals surface area contributed by atoms with Gasteiger partial charge in [0.15, 0.2) is 0 Å². The molecule has 5 nitrogen and oxygen atoms in total. The molecule has 0 atom stereocenters. The maximum absolute atomic E-state index is 12.4. The van der Waals surface area contributed by atoms with Crippen molar-refractivity contribution in [1.82, 2.24) is 0 Å². The summed E-state index contributed by atoms with van der Waals surface area (Å²) < 4.78 is 16.2. The number of carbonyl (C=O) groups excluding carboxylic acids is 1. The van der Waals surface area contributed by atoms with Crippen molar-refractivity contribution in [2.45, 2.75) is 13.3 Å². The number of hydrogen-bond acceptors (Lipinski definition) is 5. The van der Waals surface area contributed by atoms with Crippen LogP contribution in [0.2, 0.25) is 0 Å². The standard InChI is InChI=1S/C19H15NO4/c1-12-16-11-15(22-2)7-8-17(16)24-18(12)19(21)23-14-5-3-13(4-6-14)9-10-20/h3-8,11H,9H2,1-2H3. The number of hydrogen-bond donors (Lipinski definition) is 0. The molecule has 24 heavy (non-hydrogen) atoms. The number of aryl methyl sites for hydroxylation is 1. The number of carbonyl (C=O) groups is 1. The Balaban J connectivity index is 1.86. The van der Waals surface area contributed by atoms with Crippen LogP contribution in [0.25, 0.3) is 11.0 Å². The molecule has 1 heterocycles. The summed E-state index contributed by atoms with van der Waals surface area (Å²) in [6.07, 6.45) is 0.318. The minimum Gasteiger partial charge on any atom is -0.497 e. The predicted octanol–water partition coefficient (Wildman–Crippen LogP) is 4.04. The quantitative estimate of drug-likeness (QED) is 0.536. The Bertz CT molecular complexity index is 932. The summed E-state index contributed by atoms with van der Waals surface area (Å²) in [5.41, 5.74) is 2.17. The number of rotatable bonds is 4. The maximum atomic E-state index is 12.4. The first kappa shape index (κ1) is 15.6. The van der Waals surface area contributed by atoms with Gasteiger partial charge in [-0.15, -0.1) is 0 Å². The Hall–Kier alpha value is -3.26. The van der Waals surface area contributed by atoms with Crippen molar-refractivity contribution in [3.63, 3.8) is 0 Å². The Morgan fingerprint density at radius 3 is 2.54 bits per heavy atom. The van der Waals surface area contributed by atoms with Gasteiger partial charge in [-0.3, -0.25) is 0 Å².